The van der Waals surface area contributed by atoms with Gasteiger partial charge in [-0.1, -0.05) is 18.2 Å². The fourth-order valence-electron chi connectivity index (χ4n) is 2.76. The molecule has 3 rings (SSSR count). The topological polar surface area (TPSA) is 17.1 Å². The Morgan fingerprint density at radius 2 is 2.00 bits per heavy atom. The lowest BCUT2D eigenvalue weighted by Gasteiger charge is -2.25. The van der Waals surface area contributed by atoms with E-state index in [0.717, 1.165) is 18.4 Å². The fourth-order valence-corrected chi connectivity index (χ4v) is 2.76. The Morgan fingerprint density at radius 3 is 2.71 bits per heavy atom. The minimum atomic E-state index is 0.357. The fraction of sp³-hybridized carbons (Fsp3) is 0.462. The van der Waals surface area contributed by atoms with Crippen molar-refractivity contribution in [2.75, 3.05) is 0 Å². The van der Waals surface area contributed by atoms with Crippen molar-refractivity contribution < 1.29 is 4.79 Å². The average molecular weight is 186 g/mol. The van der Waals surface area contributed by atoms with Gasteiger partial charge in [-0.05, 0) is 42.7 Å². The SMILES string of the molecule is Cc1cccc2c1C(=O)CCC21CC1. The van der Waals surface area contributed by atoms with Gasteiger partial charge in [0.1, 0.15) is 0 Å². The van der Waals surface area contributed by atoms with E-state index in [-0.39, 0.29) is 0 Å². The molecule has 2 aliphatic rings. The summed E-state index contributed by atoms with van der Waals surface area (Å²) in [5.74, 6) is 0.357. The van der Waals surface area contributed by atoms with E-state index in [1.807, 2.05) is 0 Å². The van der Waals surface area contributed by atoms with Gasteiger partial charge in [-0.15, -0.1) is 0 Å². The third-order valence-corrected chi connectivity index (χ3v) is 3.81. The van der Waals surface area contributed by atoms with Crippen molar-refractivity contribution in [3.05, 3.63) is 34.9 Å². The lowest BCUT2D eigenvalue weighted by molar-refractivity contribution is 0.0963. The first-order chi connectivity index (χ1) is 6.73. The van der Waals surface area contributed by atoms with Crippen LogP contribution in [0.5, 0.6) is 0 Å². The lowest BCUT2D eigenvalue weighted by Crippen LogP contribution is -2.21. The molecule has 14 heavy (non-hydrogen) atoms. The minimum absolute atomic E-state index is 0.357. The van der Waals surface area contributed by atoms with Crippen molar-refractivity contribution in [1.82, 2.24) is 0 Å². The van der Waals surface area contributed by atoms with Crippen LogP contribution in [-0.4, -0.2) is 5.78 Å². The maximum Gasteiger partial charge on any atom is 0.163 e. The first-order valence-electron chi connectivity index (χ1n) is 5.36. The Labute approximate surface area is 84.1 Å². The summed E-state index contributed by atoms with van der Waals surface area (Å²) in [4.78, 5) is 11.8. The molecule has 2 aliphatic carbocycles. The summed E-state index contributed by atoms with van der Waals surface area (Å²) < 4.78 is 0. The van der Waals surface area contributed by atoms with E-state index in [1.54, 1.807) is 0 Å². The van der Waals surface area contributed by atoms with E-state index in [0.29, 0.717) is 11.2 Å². The minimum Gasteiger partial charge on any atom is -0.294 e. The molecule has 0 amide bonds. The highest BCUT2D eigenvalue weighted by molar-refractivity contribution is 6.00. The number of rotatable bonds is 0. The number of fused-ring (bicyclic) bond motifs is 2. The Balaban J connectivity index is 2.26. The number of ketones is 1. The van der Waals surface area contributed by atoms with Crippen LogP contribution < -0.4 is 0 Å². The molecule has 1 heteroatoms. The van der Waals surface area contributed by atoms with Crippen LogP contribution in [0.3, 0.4) is 0 Å². The molecule has 0 aliphatic heterocycles. The van der Waals surface area contributed by atoms with E-state index >= 15 is 0 Å². The molecule has 1 saturated carbocycles. The van der Waals surface area contributed by atoms with E-state index < -0.39 is 0 Å². The molecule has 0 heterocycles. The predicted octanol–water partition coefficient (Wildman–Crippen LogP) is 3.00. The molecule has 0 bridgehead atoms. The van der Waals surface area contributed by atoms with Crippen molar-refractivity contribution in [1.29, 1.82) is 0 Å². The van der Waals surface area contributed by atoms with Crippen molar-refractivity contribution >= 4 is 5.78 Å². The van der Waals surface area contributed by atoms with Gasteiger partial charge < -0.3 is 0 Å². The molecule has 72 valence electrons. The summed E-state index contributed by atoms with van der Waals surface area (Å²) in [7, 11) is 0. The van der Waals surface area contributed by atoms with Gasteiger partial charge in [0, 0.05) is 12.0 Å². The van der Waals surface area contributed by atoms with Gasteiger partial charge in [0.05, 0.1) is 0 Å². The molecule has 1 nitrogen and oxygen atoms in total. The molecule has 0 saturated heterocycles. The summed E-state index contributed by atoms with van der Waals surface area (Å²) in [6.45, 7) is 2.05. The number of Topliss-reactive ketones (excluding diaryl/α,β-unsaturated/α-hetero) is 1. The van der Waals surface area contributed by atoms with Gasteiger partial charge in [0.25, 0.3) is 0 Å². The second-order valence-electron chi connectivity index (χ2n) is 4.70. The molecular formula is C13H14O. The number of carbonyl (C=O) groups excluding carboxylic acids is 1. The number of hydrogen-bond donors (Lipinski definition) is 0. The van der Waals surface area contributed by atoms with Gasteiger partial charge >= 0.3 is 0 Å². The third-order valence-electron chi connectivity index (χ3n) is 3.81. The molecule has 1 fully saturated rings. The van der Waals surface area contributed by atoms with Crippen molar-refractivity contribution in [3.63, 3.8) is 0 Å². The molecule has 0 atom stereocenters. The van der Waals surface area contributed by atoms with Crippen LogP contribution >= 0.6 is 0 Å². The van der Waals surface area contributed by atoms with Crippen molar-refractivity contribution in [3.8, 4) is 0 Å². The quantitative estimate of drug-likeness (QED) is 0.608. The van der Waals surface area contributed by atoms with Gasteiger partial charge in [-0.3, -0.25) is 4.79 Å². The smallest absolute Gasteiger partial charge is 0.163 e. The Morgan fingerprint density at radius 1 is 1.21 bits per heavy atom. The third kappa shape index (κ3) is 0.927. The zero-order valence-corrected chi connectivity index (χ0v) is 8.47. The zero-order valence-electron chi connectivity index (χ0n) is 8.47. The Bertz CT molecular complexity index is 413. The molecular weight excluding hydrogens is 172 g/mol. The summed E-state index contributed by atoms with van der Waals surface area (Å²) in [5.41, 5.74) is 3.96. The standard InChI is InChI=1S/C13H14O/c1-9-3-2-4-10-12(9)11(14)5-6-13(10)7-8-13/h2-4H,5-8H2,1H3. The van der Waals surface area contributed by atoms with Crippen molar-refractivity contribution in [2.24, 2.45) is 0 Å². The largest absolute Gasteiger partial charge is 0.294 e. The van der Waals surface area contributed by atoms with Gasteiger partial charge in [-0.2, -0.15) is 0 Å². The van der Waals surface area contributed by atoms with Gasteiger partial charge in [0.2, 0.25) is 0 Å². The van der Waals surface area contributed by atoms with Crippen LogP contribution in [0, 0.1) is 6.92 Å². The van der Waals surface area contributed by atoms with Crippen LogP contribution in [0.2, 0.25) is 0 Å². The summed E-state index contributed by atoms with van der Waals surface area (Å²) in [5, 5.41) is 0. The monoisotopic (exact) mass is 186 g/mol. The summed E-state index contributed by atoms with van der Waals surface area (Å²) in [6.07, 6.45) is 4.42. The van der Waals surface area contributed by atoms with E-state index in [2.05, 4.69) is 25.1 Å². The highest BCUT2D eigenvalue weighted by atomic mass is 16.1. The highest BCUT2D eigenvalue weighted by Crippen LogP contribution is 2.55. The van der Waals surface area contributed by atoms with Crippen LogP contribution in [0.25, 0.3) is 0 Å². The number of benzene rings is 1. The second-order valence-corrected chi connectivity index (χ2v) is 4.70. The normalized spacial score (nSPS) is 22.2. The first kappa shape index (κ1) is 8.22. The summed E-state index contributed by atoms with van der Waals surface area (Å²) in [6, 6.07) is 6.30. The Kier molecular flexibility index (Phi) is 1.45. The summed E-state index contributed by atoms with van der Waals surface area (Å²) >= 11 is 0. The molecule has 1 aromatic carbocycles. The van der Waals surface area contributed by atoms with Crippen LogP contribution in [0.15, 0.2) is 18.2 Å². The van der Waals surface area contributed by atoms with Crippen LogP contribution in [0.4, 0.5) is 0 Å². The number of hydrogen-bond acceptors (Lipinski definition) is 1. The first-order valence-corrected chi connectivity index (χ1v) is 5.36. The van der Waals surface area contributed by atoms with E-state index in [9.17, 15) is 4.79 Å². The lowest BCUT2D eigenvalue weighted by atomic mass is 9.78. The molecule has 0 radical (unpaired) electrons. The highest BCUT2D eigenvalue weighted by Gasteiger charge is 2.48. The molecule has 0 aromatic heterocycles. The van der Waals surface area contributed by atoms with Gasteiger partial charge in [-0.25, -0.2) is 0 Å². The number of carbonyl (C=O) groups is 1. The van der Waals surface area contributed by atoms with Crippen LogP contribution in [-0.2, 0) is 5.41 Å². The number of aryl methyl sites for hydroxylation is 1. The molecule has 0 unspecified atom stereocenters. The molecule has 1 spiro atoms. The van der Waals surface area contributed by atoms with Crippen molar-refractivity contribution in [2.45, 2.75) is 38.0 Å². The average Bonchev–Trinajstić information content (AvgIpc) is 2.93. The maximum absolute atomic E-state index is 11.8. The van der Waals surface area contributed by atoms with E-state index in [4.69, 9.17) is 0 Å². The predicted molar refractivity (Wildman–Crippen MR) is 55.7 cm³/mol. The zero-order chi connectivity index (χ0) is 9.76. The molecule has 1 aromatic rings. The molecule has 0 N–H and O–H groups in total. The van der Waals surface area contributed by atoms with E-state index in [1.165, 1.54) is 24.0 Å². The Hall–Kier alpha value is -1.11. The van der Waals surface area contributed by atoms with Crippen LogP contribution in [0.1, 0.15) is 47.2 Å². The maximum atomic E-state index is 11.8. The second kappa shape index (κ2) is 2.47. The van der Waals surface area contributed by atoms with Gasteiger partial charge in [0.15, 0.2) is 5.78 Å².